The van der Waals surface area contributed by atoms with Crippen molar-refractivity contribution in [1.29, 1.82) is 0 Å². The lowest BCUT2D eigenvalue weighted by Gasteiger charge is -2.10. The molecule has 0 aromatic heterocycles. The van der Waals surface area contributed by atoms with Crippen molar-refractivity contribution in [3.63, 3.8) is 0 Å². The third kappa shape index (κ3) is 3.28. The first-order valence-corrected chi connectivity index (χ1v) is 5.59. The molecule has 80 valence electrons. The van der Waals surface area contributed by atoms with Crippen LogP contribution in [-0.2, 0) is 0 Å². The SMILES string of the molecule is CSC(=NN(C)C(N)=O)c1ccccc1. The highest BCUT2D eigenvalue weighted by Gasteiger charge is 2.05. The van der Waals surface area contributed by atoms with Gasteiger partial charge in [0, 0.05) is 12.6 Å². The molecule has 2 amide bonds. The van der Waals surface area contributed by atoms with Gasteiger partial charge < -0.3 is 5.73 Å². The molecule has 1 aromatic rings. The molecule has 4 nitrogen and oxygen atoms in total. The highest BCUT2D eigenvalue weighted by Crippen LogP contribution is 2.11. The number of carbonyl (C=O) groups excluding carboxylic acids is 1. The van der Waals surface area contributed by atoms with E-state index in [0.29, 0.717) is 0 Å². The molecule has 5 heteroatoms. The highest BCUT2D eigenvalue weighted by atomic mass is 32.2. The van der Waals surface area contributed by atoms with E-state index in [1.54, 1.807) is 0 Å². The quantitative estimate of drug-likeness (QED) is 0.471. The molecule has 0 aliphatic carbocycles. The molecule has 0 fully saturated rings. The second-order valence-corrected chi connectivity index (χ2v) is 3.63. The molecule has 0 unspecified atom stereocenters. The summed E-state index contributed by atoms with van der Waals surface area (Å²) in [5.74, 6) is 0. The minimum atomic E-state index is -0.572. The van der Waals surface area contributed by atoms with E-state index in [1.165, 1.54) is 18.8 Å². The summed E-state index contributed by atoms with van der Waals surface area (Å²) in [6, 6.07) is 9.07. The molecule has 0 atom stereocenters. The van der Waals surface area contributed by atoms with Crippen LogP contribution in [0.4, 0.5) is 4.79 Å². The Balaban J connectivity index is 2.94. The summed E-state index contributed by atoms with van der Waals surface area (Å²) in [6.07, 6.45) is 1.90. The number of rotatable bonds is 2. The molecule has 1 rings (SSSR count). The second-order valence-electron chi connectivity index (χ2n) is 2.84. The first-order chi connectivity index (χ1) is 7.15. The number of urea groups is 1. The van der Waals surface area contributed by atoms with Crippen LogP contribution >= 0.6 is 11.8 Å². The molecule has 0 spiro atoms. The van der Waals surface area contributed by atoms with E-state index < -0.39 is 6.03 Å². The van der Waals surface area contributed by atoms with Crippen molar-refractivity contribution in [2.45, 2.75) is 0 Å². The van der Waals surface area contributed by atoms with Crippen LogP contribution in [0.25, 0.3) is 0 Å². The molecule has 0 aliphatic heterocycles. The Hall–Kier alpha value is -1.49. The fourth-order valence-corrected chi connectivity index (χ4v) is 1.56. The first-order valence-electron chi connectivity index (χ1n) is 4.36. The van der Waals surface area contributed by atoms with Crippen molar-refractivity contribution < 1.29 is 4.79 Å². The van der Waals surface area contributed by atoms with Crippen LogP contribution in [0.1, 0.15) is 5.56 Å². The van der Waals surface area contributed by atoms with Gasteiger partial charge in [-0.15, -0.1) is 11.8 Å². The lowest BCUT2D eigenvalue weighted by Crippen LogP contribution is -2.28. The van der Waals surface area contributed by atoms with Crippen molar-refractivity contribution >= 4 is 22.8 Å². The third-order valence-electron chi connectivity index (χ3n) is 1.77. The van der Waals surface area contributed by atoms with Crippen LogP contribution in [-0.4, -0.2) is 29.4 Å². The molecule has 15 heavy (non-hydrogen) atoms. The second kappa shape index (κ2) is 5.41. The topological polar surface area (TPSA) is 58.7 Å². The van der Waals surface area contributed by atoms with Gasteiger partial charge >= 0.3 is 6.03 Å². The summed E-state index contributed by atoms with van der Waals surface area (Å²) in [5.41, 5.74) is 6.06. The van der Waals surface area contributed by atoms with Gasteiger partial charge in [-0.2, -0.15) is 5.10 Å². The fourth-order valence-electron chi connectivity index (χ4n) is 0.983. The van der Waals surface area contributed by atoms with Crippen LogP contribution in [0.5, 0.6) is 0 Å². The number of nitrogens with zero attached hydrogens (tertiary/aromatic N) is 2. The summed E-state index contributed by atoms with van der Waals surface area (Å²) in [7, 11) is 1.53. The third-order valence-corrected chi connectivity index (χ3v) is 2.48. The minimum Gasteiger partial charge on any atom is -0.350 e. The number of hydrogen-bond acceptors (Lipinski definition) is 3. The van der Waals surface area contributed by atoms with Crippen molar-refractivity contribution in [1.82, 2.24) is 5.01 Å². The van der Waals surface area contributed by atoms with Gasteiger partial charge in [0.25, 0.3) is 0 Å². The smallest absolute Gasteiger partial charge is 0.334 e. The van der Waals surface area contributed by atoms with Gasteiger partial charge in [0.05, 0.1) is 0 Å². The molecular formula is C10H13N3OS. The zero-order chi connectivity index (χ0) is 11.3. The van der Waals surface area contributed by atoms with E-state index in [4.69, 9.17) is 5.73 Å². The Morgan fingerprint density at radius 2 is 2.00 bits per heavy atom. The van der Waals surface area contributed by atoms with Crippen LogP contribution in [0.15, 0.2) is 35.4 Å². The van der Waals surface area contributed by atoms with Crippen molar-refractivity contribution in [2.75, 3.05) is 13.3 Å². The number of carbonyl (C=O) groups is 1. The van der Waals surface area contributed by atoms with Gasteiger partial charge in [-0.25, -0.2) is 9.80 Å². The lowest BCUT2D eigenvalue weighted by molar-refractivity contribution is 0.220. The zero-order valence-electron chi connectivity index (χ0n) is 8.68. The molecule has 2 N–H and O–H groups in total. The number of primary amides is 1. The zero-order valence-corrected chi connectivity index (χ0v) is 9.49. The summed E-state index contributed by atoms with van der Waals surface area (Å²) >= 11 is 1.47. The predicted octanol–water partition coefficient (Wildman–Crippen LogP) is 1.72. The van der Waals surface area contributed by atoms with Gasteiger partial charge in [0.15, 0.2) is 0 Å². The summed E-state index contributed by atoms with van der Waals surface area (Å²) in [6.45, 7) is 0. The average Bonchev–Trinajstić information content (AvgIpc) is 2.26. The molecule has 0 aliphatic rings. The van der Waals surface area contributed by atoms with E-state index in [9.17, 15) is 4.79 Å². The Kier molecular flexibility index (Phi) is 4.17. The van der Waals surface area contributed by atoms with Gasteiger partial charge in [-0.3, -0.25) is 0 Å². The molecular weight excluding hydrogens is 210 g/mol. The Morgan fingerprint density at radius 3 is 2.47 bits per heavy atom. The fraction of sp³-hybridized carbons (Fsp3) is 0.200. The minimum absolute atomic E-state index is 0.572. The van der Waals surface area contributed by atoms with Gasteiger partial charge in [-0.05, 0) is 6.26 Å². The van der Waals surface area contributed by atoms with E-state index >= 15 is 0 Å². The summed E-state index contributed by atoms with van der Waals surface area (Å²) in [4.78, 5) is 10.8. The van der Waals surface area contributed by atoms with E-state index in [0.717, 1.165) is 15.6 Å². The number of hydrazone groups is 1. The van der Waals surface area contributed by atoms with Crippen LogP contribution < -0.4 is 5.73 Å². The van der Waals surface area contributed by atoms with E-state index in [-0.39, 0.29) is 0 Å². The maximum atomic E-state index is 10.8. The molecule has 0 bridgehead atoms. The number of benzene rings is 1. The van der Waals surface area contributed by atoms with E-state index in [1.807, 2.05) is 36.6 Å². The number of amides is 2. The van der Waals surface area contributed by atoms with Gasteiger partial charge in [0.2, 0.25) is 0 Å². The van der Waals surface area contributed by atoms with Crippen LogP contribution in [0.2, 0.25) is 0 Å². The molecule has 0 radical (unpaired) electrons. The Morgan fingerprint density at radius 1 is 1.40 bits per heavy atom. The lowest BCUT2D eigenvalue weighted by atomic mass is 10.2. The molecule has 1 aromatic carbocycles. The Bertz CT molecular complexity index is 364. The number of thioether (sulfide) groups is 1. The standard InChI is InChI=1S/C10H13N3OS/c1-13(10(11)14)12-9(15-2)8-6-4-3-5-7-8/h3-7H,1-2H3,(H2,11,14). The van der Waals surface area contributed by atoms with Crippen LogP contribution in [0.3, 0.4) is 0 Å². The van der Waals surface area contributed by atoms with Gasteiger partial charge in [-0.1, -0.05) is 30.3 Å². The van der Waals surface area contributed by atoms with Gasteiger partial charge in [0.1, 0.15) is 5.04 Å². The van der Waals surface area contributed by atoms with Crippen molar-refractivity contribution in [3.05, 3.63) is 35.9 Å². The van der Waals surface area contributed by atoms with E-state index in [2.05, 4.69) is 5.10 Å². The number of hydrogen-bond donors (Lipinski definition) is 1. The molecule has 0 heterocycles. The maximum absolute atomic E-state index is 10.8. The highest BCUT2D eigenvalue weighted by molar-refractivity contribution is 8.13. The normalized spacial score (nSPS) is 11.2. The maximum Gasteiger partial charge on any atom is 0.334 e. The largest absolute Gasteiger partial charge is 0.350 e. The van der Waals surface area contributed by atoms with Crippen molar-refractivity contribution in [3.8, 4) is 0 Å². The Labute approximate surface area is 93.1 Å². The predicted molar refractivity (Wildman–Crippen MR) is 63.8 cm³/mol. The summed E-state index contributed by atoms with van der Waals surface area (Å²) < 4.78 is 0. The summed E-state index contributed by atoms with van der Waals surface area (Å²) in [5, 5.41) is 5.99. The monoisotopic (exact) mass is 223 g/mol. The van der Waals surface area contributed by atoms with Crippen molar-refractivity contribution in [2.24, 2.45) is 10.8 Å². The molecule has 0 saturated heterocycles. The molecule has 0 saturated carbocycles. The first kappa shape index (κ1) is 11.6. The number of nitrogens with two attached hydrogens (primary N) is 1. The average molecular weight is 223 g/mol. The van der Waals surface area contributed by atoms with Crippen LogP contribution in [0, 0.1) is 0 Å².